The third-order valence-corrected chi connectivity index (χ3v) is 5.51. The molecule has 2 amide bonds. The molecule has 1 fully saturated rings. The highest BCUT2D eigenvalue weighted by Gasteiger charge is 2.18. The van der Waals surface area contributed by atoms with Crippen LogP contribution in [0.3, 0.4) is 0 Å². The molecule has 1 saturated heterocycles. The summed E-state index contributed by atoms with van der Waals surface area (Å²) in [6, 6.07) is 24.8. The van der Waals surface area contributed by atoms with Crippen LogP contribution in [-0.4, -0.2) is 29.8 Å². The van der Waals surface area contributed by atoms with Gasteiger partial charge in [0.25, 0.3) is 11.8 Å². The van der Waals surface area contributed by atoms with Crippen molar-refractivity contribution in [1.82, 2.24) is 4.90 Å². The van der Waals surface area contributed by atoms with Crippen LogP contribution in [0.1, 0.15) is 46.4 Å². The molecule has 30 heavy (non-hydrogen) atoms. The van der Waals surface area contributed by atoms with Crippen molar-refractivity contribution >= 4 is 17.5 Å². The van der Waals surface area contributed by atoms with Gasteiger partial charge in [-0.25, -0.2) is 0 Å². The molecule has 1 N–H and O–H groups in total. The van der Waals surface area contributed by atoms with E-state index in [1.165, 1.54) is 12.8 Å². The second-order valence-electron chi connectivity index (χ2n) is 7.68. The molecule has 0 radical (unpaired) electrons. The van der Waals surface area contributed by atoms with Gasteiger partial charge in [0.1, 0.15) is 0 Å². The van der Waals surface area contributed by atoms with E-state index in [-0.39, 0.29) is 11.8 Å². The van der Waals surface area contributed by atoms with Gasteiger partial charge in [-0.05, 0) is 54.3 Å². The molecule has 0 bridgehead atoms. The number of rotatable bonds is 4. The van der Waals surface area contributed by atoms with E-state index in [2.05, 4.69) is 5.32 Å². The molecular formula is C26H26N2O2. The molecule has 0 spiro atoms. The van der Waals surface area contributed by atoms with Crippen molar-refractivity contribution in [1.29, 1.82) is 0 Å². The molecule has 0 atom stereocenters. The molecule has 4 rings (SSSR count). The van der Waals surface area contributed by atoms with E-state index < -0.39 is 0 Å². The van der Waals surface area contributed by atoms with Crippen LogP contribution in [-0.2, 0) is 0 Å². The molecule has 0 aromatic heterocycles. The van der Waals surface area contributed by atoms with Crippen molar-refractivity contribution in [3.8, 4) is 11.1 Å². The highest BCUT2D eigenvalue weighted by atomic mass is 16.2. The normalized spacial score (nSPS) is 14.1. The van der Waals surface area contributed by atoms with E-state index in [9.17, 15) is 9.59 Å². The Morgan fingerprint density at radius 3 is 2.03 bits per heavy atom. The van der Waals surface area contributed by atoms with Gasteiger partial charge in [0.05, 0.1) is 0 Å². The number of benzene rings is 3. The zero-order valence-electron chi connectivity index (χ0n) is 17.0. The average Bonchev–Trinajstić information content (AvgIpc) is 3.09. The van der Waals surface area contributed by atoms with Crippen molar-refractivity contribution in [3.05, 3.63) is 90.0 Å². The number of nitrogens with one attached hydrogen (secondary N) is 1. The number of carbonyl (C=O) groups excluding carboxylic acids is 2. The van der Waals surface area contributed by atoms with Gasteiger partial charge in [-0.15, -0.1) is 0 Å². The van der Waals surface area contributed by atoms with Gasteiger partial charge in [0.15, 0.2) is 0 Å². The van der Waals surface area contributed by atoms with Gasteiger partial charge in [-0.3, -0.25) is 9.59 Å². The second kappa shape index (κ2) is 9.40. The summed E-state index contributed by atoms with van der Waals surface area (Å²) in [5.74, 6) is -0.144. The summed E-state index contributed by atoms with van der Waals surface area (Å²) in [6.07, 6.45) is 4.48. The highest BCUT2D eigenvalue weighted by Crippen LogP contribution is 2.21. The molecular weight excluding hydrogens is 372 g/mol. The molecule has 0 unspecified atom stereocenters. The first-order chi connectivity index (χ1) is 14.7. The number of hydrogen-bond donors (Lipinski definition) is 1. The second-order valence-corrected chi connectivity index (χ2v) is 7.68. The van der Waals surface area contributed by atoms with Crippen LogP contribution in [0, 0.1) is 0 Å². The summed E-state index contributed by atoms with van der Waals surface area (Å²) in [4.78, 5) is 27.5. The summed E-state index contributed by atoms with van der Waals surface area (Å²) in [5.41, 5.74) is 4.02. The maximum atomic E-state index is 12.8. The first kappa shape index (κ1) is 19.9. The number of amides is 2. The largest absolute Gasteiger partial charge is 0.339 e. The Morgan fingerprint density at radius 1 is 0.667 bits per heavy atom. The van der Waals surface area contributed by atoms with E-state index in [1.807, 2.05) is 77.7 Å². The predicted molar refractivity (Wildman–Crippen MR) is 121 cm³/mol. The number of anilines is 1. The molecule has 1 heterocycles. The fourth-order valence-corrected chi connectivity index (χ4v) is 3.83. The topological polar surface area (TPSA) is 49.4 Å². The summed E-state index contributed by atoms with van der Waals surface area (Å²) in [5, 5.41) is 2.92. The van der Waals surface area contributed by atoms with Crippen molar-refractivity contribution in [2.24, 2.45) is 0 Å². The summed E-state index contributed by atoms with van der Waals surface area (Å²) in [6.45, 7) is 1.62. The van der Waals surface area contributed by atoms with Gasteiger partial charge in [-0.1, -0.05) is 61.4 Å². The molecule has 3 aromatic carbocycles. The Kier molecular flexibility index (Phi) is 6.23. The minimum Gasteiger partial charge on any atom is -0.339 e. The van der Waals surface area contributed by atoms with E-state index in [0.29, 0.717) is 16.8 Å². The van der Waals surface area contributed by atoms with Crippen LogP contribution >= 0.6 is 0 Å². The van der Waals surface area contributed by atoms with Crippen LogP contribution in [0.2, 0.25) is 0 Å². The number of carbonyl (C=O) groups is 2. The third-order valence-electron chi connectivity index (χ3n) is 5.51. The van der Waals surface area contributed by atoms with E-state index >= 15 is 0 Å². The van der Waals surface area contributed by atoms with E-state index in [1.54, 1.807) is 6.07 Å². The summed E-state index contributed by atoms with van der Waals surface area (Å²) in [7, 11) is 0. The highest BCUT2D eigenvalue weighted by molar-refractivity contribution is 6.05. The lowest BCUT2D eigenvalue weighted by Gasteiger charge is -2.20. The van der Waals surface area contributed by atoms with Gasteiger partial charge in [0, 0.05) is 29.9 Å². The molecule has 152 valence electrons. The van der Waals surface area contributed by atoms with Crippen LogP contribution in [0.25, 0.3) is 11.1 Å². The standard InChI is InChI=1S/C26H26N2O2/c29-25(22-15-13-21(14-16-22)20-9-4-3-5-10-20)27-24-12-8-11-23(19-24)26(30)28-17-6-1-2-7-18-28/h3-5,8-16,19H,1-2,6-7,17-18H2,(H,27,29). The van der Waals surface area contributed by atoms with Crippen molar-refractivity contribution in [3.63, 3.8) is 0 Å². The molecule has 0 aliphatic carbocycles. The van der Waals surface area contributed by atoms with Gasteiger partial charge in [-0.2, -0.15) is 0 Å². The average molecular weight is 399 g/mol. The first-order valence-electron chi connectivity index (χ1n) is 10.6. The van der Waals surface area contributed by atoms with Crippen molar-refractivity contribution in [2.75, 3.05) is 18.4 Å². The minimum absolute atomic E-state index is 0.0419. The molecule has 1 aliphatic heterocycles. The summed E-state index contributed by atoms with van der Waals surface area (Å²) < 4.78 is 0. The number of nitrogens with zero attached hydrogens (tertiary/aromatic N) is 1. The fraction of sp³-hybridized carbons (Fsp3) is 0.231. The lowest BCUT2D eigenvalue weighted by atomic mass is 10.0. The fourth-order valence-electron chi connectivity index (χ4n) is 3.83. The predicted octanol–water partition coefficient (Wildman–Crippen LogP) is 5.62. The SMILES string of the molecule is O=C(Nc1cccc(C(=O)N2CCCCCC2)c1)c1ccc(-c2ccccc2)cc1. The molecule has 0 saturated carbocycles. The lowest BCUT2D eigenvalue weighted by Crippen LogP contribution is -2.31. The van der Waals surface area contributed by atoms with Gasteiger partial charge in [0.2, 0.25) is 0 Å². The zero-order valence-corrected chi connectivity index (χ0v) is 17.0. The Bertz CT molecular complexity index is 1000. The smallest absolute Gasteiger partial charge is 0.255 e. The van der Waals surface area contributed by atoms with Gasteiger partial charge < -0.3 is 10.2 Å². The monoisotopic (exact) mass is 398 g/mol. The van der Waals surface area contributed by atoms with E-state index in [0.717, 1.165) is 37.1 Å². The van der Waals surface area contributed by atoms with Crippen LogP contribution in [0.4, 0.5) is 5.69 Å². The first-order valence-corrected chi connectivity index (χ1v) is 10.6. The van der Waals surface area contributed by atoms with Crippen LogP contribution in [0.15, 0.2) is 78.9 Å². The third kappa shape index (κ3) is 4.77. The Hall–Kier alpha value is -3.40. The minimum atomic E-state index is -0.186. The zero-order chi connectivity index (χ0) is 20.8. The maximum Gasteiger partial charge on any atom is 0.255 e. The van der Waals surface area contributed by atoms with Crippen LogP contribution < -0.4 is 5.32 Å². The lowest BCUT2D eigenvalue weighted by molar-refractivity contribution is 0.0761. The number of hydrogen-bond acceptors (Lipinski definition) is 2. The Labute approximate surface area is 177 Å². The maximum absolute atomic E-state index is 12.8. The quantitative estimate of drug-likeness (QED) is 0.620. The van der Waals surface area contributed by atoms with E-state index in [4.69, 9.17) is 0 Å². The molecule has 3 aromatic rings. The Morgan fingerprint density at radius 2 is 1.33 bits per heavy atom. The molecule has 1 aliphatic rings. The molecule has 4 heteroatoms. The Balaban J connectivity index is 1.44. The molecule has 4 nitrogen and oxygen atoms in total. The van der Waals surface area contributed by atoms with Crippen molar-refractivity contribution in [2.45, 2.75) is 25.7 Å². The van der Waals surface area contributed by atoms with Crippen LogP contribution in [0.5, 0.6) is 0 Å². The summed E-state index contributed by atoms with van der Waals surface area (Å²) >= 11 is 0. The number of likely N-dealkylation sites (tertiary alicyclic amines) is 1. The van der Waals surface area contributed by atoms with Gasteiger partial charge >= 0.3 is 0 Å². The van der Waals surface area contributed by atoms with Crippen molar-refractivity contribution < 1.29 is 9.59 Å².